The minimum Gasteiger partial charge on any atom is -0.414 e. The molecule has 0 saturated carbocycles. The highest BCUT2D eigenvalue weighted by atomic mass is 35.5. The first-order chi connectivity index (χ1) is 8.83. The van der Waals surface area contributed by atoms with Crippen LogP contribution in [0.3, 0.4) is 0 Å². The van der Waals surface area contributed by atoms with E-state index in [0.717, 1.165) is 11.4 Å². The van der Waals surface area contributed by atoms with Crippen molar-refractivity contribution in [1.82, 2.24) is 0 Å². The van der Waals surface area contributed by atoms with Crippen LogP contribution in [-0.2, 0) is 13.6 Å². The molecule has 0 amide bonds. The molecule has 106 valence electrons. The molecular weight excluding hydrogens is 373 g/mol. The zero-order chi connectivity index (χ0) is 14.6. The molecule has 1 aromatic rings. The van der Waals surface area contributed by atoms with Crippen LogP contribution in [0.25, 0.3) is 5.76 Å². The van der Waals surface area contributed by atoms with E-state index in [-0.39, 0.29) is 15.3 Å². The Morgan fingerprint density at radius 3 is 2.37 bits per heavy atom. The lowest BCUT2D eigenvalue weighted by atomic mass is 10.2. The summed E-state index contributed by atoms with van der Waals surface area (Å²) in [7, 11) is 1.26. The van der Waals surface area contributed by atoms with Gasteiger partial charge < -0.3 is 4.52 Å². The SMILES string of the molecule is COP(=O)(OC(=C(Cl)Cl)c1ccc(Cl)cc1Cl)SC. The zero-order valence-corrected chi connectivity index (χ0v) is 14.6. The highest BCUT2D eigenvalue weighted by molar-refractivity contribution is 8.54. The van der Waals surface area contributed by atoms with Gasteiger partial charge in [0.15, 0.2) is 5.76 Å². The van der Waals surface area contributed by atoms with Gasteiger partial charge in [-0.25, -0.2) is 4.57 Å². The van der Waals surface area contributed by atoms with Crippen molar-refractivity contribution in [2.75, 3.05) is 13.4 Å². The lowest BCUT2D eigenvalue weighted by Crippen LogP contribution is -1.93. The Balaban J connectivity index is 3.24. The van der Waals surface area contributed by atoms with E-state index in [9.17, 15) is 4.57 Å². The monoisotopic (exact) mass is 380 g/mol. The van der Waals surface area contributed by atoms with Crippen molar-refractivity contribution in [2.24, 2.45) is 0 Å². The molecule has 1 unspecified atom stereocenters. The van der Waals surface area contributed by atoms with Crippen LogP contribution in [0.1, 0.15) is 5.56 Å². The van der Waals surface area contributed by atoms with Crippen molar-refractivity contribution in [3.05, 3.63) is 38.3 Å². The Labute approximate surface area is 135 Å². The van der Waals surface area contributed by atoms with Gasteiger partial charge in [0.1, 0.15) is 4.49 Å². The van der Waals surface area contributed by atoms with Crippen molar-refractivity contribution in [1.29, 1.82) is 0 Å². The Morgan fingerprint density at radius 2 is 1.95 bits per heavy atom. The molecule has 0 aliphatic rings. The number of benzene rings is 1. The lowest BCUT2D eigenvalue weighted by Gasteiger charge is -2.18. The normalized spacial score (nSPS) is 13.8. The Hall–Kier alpha value is 0.460. The van der Waals surface area contributed by atoms with E-state index in [1.165, 1.54) is 13.2 Å². The smallest absolute Gasteiger partial charge is 0.414 e. The Bertz CT molecular complexity index is 538. The fourth-order valence-electron chi connectivity index (χ4n) is 1.12. The number of hydrogen-bond donors (Lipinski definition) is 0. The predicted octanol–water partition coefficient (Wildman–Crippen LogP) is 6.23. The molecule has 1 aromatic carbocycles. The maximum Gasteiger partial charge on any atom is 0.439 e. The van der Waals surface area contributed by atoms with Crippen LogP contribution in [0.15, 0.2) is 22.7 Å². The van der Waals surface area contributed by atoms with Gasteiger partial charge in [-0.1, -0.05) is 46.4 Å². The average molecular weight is 382 g/mol. The highest BCUT2D eigenvalue weighted by Gasteiger charge is 2.27. The fraction of sp³-hybridized carbons (Fsp3) is 0.200. The van der Waals surface area contributed by atoms with Crippen molar-refractivity contribution in [2.45, 2.75) is 0 Å². The molecule has 0 aromatic heterocycles. The van der Waals surface area contributed by atoms with Crippen molar-refractivity contribution < 1.29 is 13.6 Å². The summed E-state index contributed by atoms with van der Waals surface area (Å²) in [5.41, 5.74) is 0.373. The van der Waals surface area contributed by atoms with Crippen LogP contribution < -0.4 is 0 Å². The summed E-state index contributed by atoms with van der Waals surface area (Å²) in [5, 5.41) is 0.712. The second kappa shape index (κ2) is 7.46. The van der Waals surface area contributed by atoms with Gasteiger partial charge in [0.25, 0.3) is 0 Å². The predicted molar refractivity (Wildman–Crippen MR) is 84.3 cm³/mol. The maximum atomic E-state index is 12.1. The molecule has 3 nitrogen and oxygen atoms in total. The quantitative estimate of drug-likeness (QED) is 0.447. The maximum absolute atomic E-state index is 12.1. The summed E-state index contributed by atoms with van der Waals surface area (Å²) in [6, 6.07) is 4.64. The van der Waals surface area contributed by atoms with Crippen LogP contribution in [-0.4, -0.2) is 13.4 Å². The topological polar surface area (TPSA) is 35.5 Å². The largest absolute Gasteiger partial charge is 0.439 e. The van der Waals surface area contributed by atoms with Crippen LogP contribution >= 0.6 is 64.6 Å². The zero-order valence-electron chi connectivity index (χ0n) is 9.82. The molecule has 0 spiro atoms. The van der Waals surface area contributed by atoms with E-state index in [1.807, 2.05) is 0 Å². The Morgan fingerprint density at radius 1 is 1.32 bits per heavy atom. The molecule has 0 radical (unpaired) electrons. The standard InChI is InChI=1S/C10H9Cl4O3PS/c1-16-18(15,19-2)17-9(10(13)14)7-4-3-6(11)5-8(7)12/h3-5H,1-2H3. The molecule has 0 saturated heterocycles. The van der Waals surface area contributed by atoms with Gasteiger partial charge in [0.2, 0.25) is 0 Å². The fourth-order valence-corrected chi connectivity index (χ4v) is 3.61. The first-order valence-electron chi connectivity index (χ1n) is 4.74. The van der Waals surface area contributed by atoms with Gasteiger partial charge >= 0.3 is 6.80 Å². The second-order valence-corrected chi connectivity index (χ2v) is 9.15. The first kappa shape index (κ1) is 17.5. The first-order valence-corrected chi connectivity index (χ1v) is 9.63. The van der Waals surface area contributed by atoms with E-state index in [1.54, 1.807) is 18.4 Å². The molecule has 0 aliphatic heterocycles. The third-order valence-corrected chi connectivity index (χ3v) is 6.20. The minimum atomic E-state index is -3.39. The van der Waals surface area contributed by atoms with Gasteiger partial charge in [-0.15, -0.1) is 0 Å². The number of halogens is 4. The van der Waals surface area contributed by atoms with E-state index in [2.05, 4.69) is 0 Å². The third kappa shape index (κ3) is 4.75. The molecular formula is C10H9Cl4O3PS. The summed E-state index contributed by atoms with van der Waals surface area (Å²) in [4.78, 5) is 0. The van der Waals surface area contributed by atoms with Gasteiger partial charge in [-0.2, -0.15) is 0 Å². The van der Waals surface area contributed by atoms with Gasteiger partial charge in [-0.05, 0) is 35.8 Å². The molecule has 0 heterocycles. The lowest BCUT2D eigenvalue weighted by molar-refractivity contribution is 0.329. The summed E-state index contributed by atoms with van der Waals surface area (Å²) in [6.07, 6.45) is 1.58. The summed E-state index contributed by atoms with van der Waals surface area (Å²) < 4.78 is 22.0. The van der Waals surface area contributed by atoms with Gasteiger partial charge in [-0.3, -0.25) is 4.52 Å². The van der Waals surface area contributed by atoms with Crippen LogP contribution in [0.4, 0.5) is 0 Å². The molecule has 0 fully saturated rings. The van der Waals surface area contributed by atoms with Crippen LogP contribution in [0.2, 0.25) is 10.0 Å². The molecule has 0 bridgehead atoms. The van der Waals surface area contributed by atoms with Gasteiger partial charge in [0, 0.05) is 17.7 Å². The van der Waals surface area contributed by atoms with E-state index >= 15 is 0 Å². The van der Waals surface area contributed by atoms with Crippen molar-refractivity contribution in [3.63, 3.8) is 0 Å². The minimum absolute atomic E-state index is 0.0236. The highest BCUT2D eigenvalue weighted by Crippen LogP contribution is 2.61. The molecule has 9 heteroatoms. The van der Waals surface area contributed by atoms with Gasteiger partial charge in [0.05, 0.1) is 5.02 Å². The third-order valence-electron chi connectivity index (χ3n) is 2.00. The molecule has 0 N–H and O–H groups in total. The summed E-state index contributed by atoms with van der Waals surface area (Å²) in [5.74, 6) is -0.0236. The van der Waals surface area contributed by atoms with Crippen LogP contribution in [0, 0.1) is 0 Å². The molecule has 0 aliphatic carbocycles. The van der Waals surface area contributed by atoms with Crippen molar-refractivity contribution in [3.8, 4) is 0 Å². The van der Waals surface area contributed by atoms with E-state index in [4.69, 9.17) is 55.5 Å². The second-order valence-electron chi connectivity index (χ2n) is 3.12. The average Bonchev–Trinajstić information content (AvgIpc) is 2.36. The van der Waals surface area contributed by atoms with Crippen LogP contribution in [0.5, 0.6) is 0 Å². The molecule has 19 heavy (non-hydrogen) atoms. The summed E-state index contributed by atoms with van der Waals surface area (Å²) >= 11 is 24.2. The molecule has 1 rings (SSSR count). The van der Waals surface area contributed by atoms with E-state index in [0.29, 0.717) is 10.6 Å². The Kier molecular flexibility index (Phi) is 6.88. The summed E-state index contributed by atoms with van der Waals surface area (Å²) in [6.45, 7) is -3.39. The van der Waals surface area contributed by atoms with Crippen molar-refractivity contribution >= 4 is 70.3 Å². The number of hydrogen-bond acceptors (Lipinski definition) is 4. The van der Waals surface area contributed by atoms with E-state index < -0.39 is 6.80 Å². The molecule has 1 atom stereocenters. The number of rotatable bonds is 5.